The fourth-order valence-corrected chi connectivity index (χ4v) is 2.40. The lowest BCUT2D eigenvalue weighted by Crippen LogP contribution is -2.03. The Hall–Kier alpha value is -0.790. The molecule has 0 spiro atoms. The highest BCUT2D eigenvalue weighted by Crippen LogP contribution is 2.50. The smallest absolute Gasteiger partial charge is 0.0519 e. The van der Waals surface area contributed by atoms with Crippen LogP contribution in [0.3, 0.4) is 0 Å². The predicted molar refractivity (Wildman–Crippen MR) is 67.3 cm³/mol. The second-order valence-electron chi connectivity index (χ2n) is 6.02. The van der Waals surface area contributed by atoms with Crippen molar-refractivity contribution in [2.75, 3.05) is 0 Å². The van der Waals surface area contributed by atoms with Gasteiger partial charge >= 0.3 is 0 Å². The summed E-state index contributed by atoms with van der Waals surface area (Å²) in [6, 6.07) is 2.70. The first-order chi connectivity index (χ1) is 7.59. The summed E-state index contributed by atoms with van der Waals surface area (Å²) in [5.41, 5.74) is 0.708. The van der Waals surface area contributed by atoms with Gasteiger partial charge in [-0.15, -0.1) is 0 Å². The number of rotatable bonds is 1. The van der Waals surface area contributed by atoms with Crippen molar-refractivity contribution in [2.45, 2.75) is 58.9 Å². The molecule has 2 aliphatic carbocycles. The molecule has 2 nitrogen and oxygen atoms in total. The van der Waals surface area contributed by atoms with Crippen molar-refractivity contribution < 1.29 is 0 Å². The SMILES string of the molecule is CC1CC1(C)C.c1cnn(C2CCCC2)c1. The molecule has 0 N–H and O–H groups in total. The molecule has 1 heterocycles. The van der Waals surface area contributed by atoms with Gasteiger partial charge < -0.3 is 0 Å². The molecule has 3 rings (SSSR count). The van der Waals surface area contributed by atoms with Crippen LogP contribution in [0.4, 0.5) is 0 Å². The van der Waals surface area contributed by atoms with Gasteiger partial charge in [-0.2, -0.15) is 5.10 Å². The summed E-state index contributed by atoms with van der Waals surface area (Å²) in [5, 5.41) is 4.21. The van der Waals surface area contributed by atoms with Crippen molar-refractivity contribution in [1.29, 1.82) is 0 Å². The van der Waals surface area contributed by atoms with Crippen molar-refractivity contribution in [3.8, 4) is 0 Å². The van der Waals surface area contributed by atoms with E-state index in [4.69, 9.17) is 0 Å². The number of hydrogen-bond donors (Lipinski definition) is 0. The highest BCUT2D eigenvalue weighted by molar-refractivity contribution is 4.91. The van der Waals surface area contributed by atoms with Gasteiger partial charge in [-0.05, 0) is 36.7 Å². The van der Waals surface area contributed by atoms with Crippen molar-refractivity contribution >= 4 is 0 Å². The molecule has 0 aliphatic heterocycles. The standard InChI is InChI=1S/C8H12N2.C6H12/c1-2-5-8(4-1)10-7-3-6-9-10;1-5-4-6(5,2)3/h3,6-8H,1-2,4-5H2;5H,4H2,1-3H3. The van der Waals surface area contributed by atoms with E-state index in [0.29, 0.717) is 11.5 Å². The average molecular weight is 220 g/mol. The van der Waals surface area contributed by atoms with Crippen LogP contribution in [0.15, 0.2) is 18.5 Å². The summed E-state index contributed by atoms with van der Waals surface area (Å²) < 4.78 is 2.09. The van der Waals surface area contributed by atoms with Gasteiger partial charge in [-0.25, -0.2) is 0 Å². The summed E-state index contributed by atoms with van der Waals surface area (Å²) in [4.78, 5) is 0. The summed E-state index contributed by atoms with van der Waals surface area (Å²) in [7, 11) is 0. The summed E-state index contributed by atoms with van der Waals surface area (Å²) in [5.74, 6) is 0.998. The van der Waals surface area contributed by atoms with Gasteiger partial charge in [-0.1, -0.05) is 33.6 Å². The second kappa shape index (κ2) is 4.60. The van der Waals surface area contributed by atoms with Gasteiger partial charge in [0, 0.05) is 12.4 Å². The number of nitrogens with zero attached hydrogens (tertiary/aromatic N) is 2. The lowest BCUT2D eigenvalue weighted by Gasteiger charge is -2.07. The normalized spacial score (nSPS) is 27.3. The molecule has 90 valence electrons. The van der Waals surface area contributed by atoms with Crippen molar-refractivity contribution in [2.24, 2.45) is 11.3 Å². The molecule has 0 bridgehead atoms. The van der Waals surface area contributed by atoms with E-state index in [2.05, 4.69) is 36.7 Å². The maximum Gasteiger partial charge on any atom is 0.0519 e. The van der Waals surface area contributed by atoms with Crippen LogP contribution in [0.5, 0.6) is 0 Å². The van der Waals surface area contributed by atoms with Gasteiger partial charge in [0.2, 0.25) is 0 Å². The van der Waals surface area contributed by atoms with Gasteiger partial charge in [0.25, 0.3) is 0 Å². The molecule has 2 fully saturated rings. The molecule has 1 aromatic heterocycles. The van der Waals surface area contributed by atoms with E-state index in [9.17, 15) is 0 Å². The van der Waals surface area contributed by atoms with Crippen molar-refractivity contribution in [3.63, 3.8) is 0 Å². The first kappa shape index (κ1) is 11.7. The third-order valence-electron chi connectivity index (χ3n) is 4.23. The van der Waals surface area contributed by atoms with Crippen LogP contribution in [-0.2, 0) is 0 Å². The Morgan fingerprint density at radius 2 is 1.81 bits per heavy atom. The van der Waals surface area contributed by atoms with E-state index in [1.807, 2.05) is 12.3 Å². The van der Waals surface area contributed by atoms with Gasteiger partial charge in [0.05, 0.1) is 6.04 Å². The third kappa shape index (κ3) is 2.87. The lowest BCUT2D eigenvalue weighted by atomic mass is 10.1. The van der Waals surface area contributed by atoms with E-state index in [0.717, 1.165) is 5.92 Å². The van der Waals surface area contributed by atoms with E-state index in [1.54, 1.807) is 0 Å². The summed E-state index contributed by atoms with van der Waals surface area (Å²) >= 11 is 0. The molecule has 0 amide bonds. The van der Waals surface area contributed by atoms with E-state index in [-0.39, 0.29) is 0 Å². The zero-order valence-corrected chi connectivity index (χ0v) is 10.8. The van der Waals surface area contributed by atoms with E-state index in [1.165, 1.54) is 32.1 Å². The van der Waals surface area contributed by atoms with Crippen LogP contribution < -0.4 is 0 Å². The molecular weight excluding hydrogens is 196 g/mol. The zero-order chi connectivity index (χ0) is 11.6. The first-order valence-corrected chi connectivity index (χ1v) is 6.59. The third-order valence-corrected chi connectivity index (χ3v) is 4.23. The molecule has 0 radical (unpaired) electrons. The highest BCUT2D eigenvalue weighted by atomic mass is 15.3. The van der Waals surface area contributed by atoms with Crippen molar-refractivity contribution in [1.82, 2.24) is 9.78 Å². The topological polar surface area (TPSA) is 17.8 Å². The molecule has 2 saturated carbocycles. The molecular formula is C14H24N2. The Morgan fingerprint density at radius 1 is 1.25 bits per heavy atom. The molecule has 0 aromatic carbocycles. The molecule has 2 heteroatoms. The second-order valence-corrected chi connectivity index (χ2v) is 6.02. The fourth-order valence-electron chi connectivity index (χ4n) is 2.40. The molecule has 1 unspecified atom stereocenters. The average Bonchev–Trinajstić information content (AvgIpc) is 2.82. The fraction of sp³-hybridized carbons (Fsp3) is 0.786. The number of aromatic nitrogens is 2. The quantitative estimate of drug-likeness (QED) is 0.698. The summed E-state index contributed by atoms with van der Waals surface area (Å²) in [6.07, 6.45) is 10.8. The van der Waals surface area contributed by atoms with Gasteiger partial charge in [0.15, 0.2) is 0 Å². The van der Waals surface area contributed by atoms with Crippen molar-refractivity contribution in [3.05, 3.63) is 18.5 Å². The van der Waals surface area contributed by atoms with Crippen LogP contribution in [0.2, 0.25) is 0 Å². The molecule has 0 saturated heterocycles. The van der Waals surface area contributed by atoms with Gasteiger partial charge in [-0.3, -0.25) is 4.68 Å². The predicted octanol–water partition coefficient (Wildman–Crippen LogP) is 4.05. The Morgan fingerprint density at radius 3 is 2.19 bits per heavy atom. The van der Waals surface area contributed by atoms with Crippen LogP contribution in [0.25, 0.3) is 0 Å². The minimum absolute atomic E-state index is 0.704. The largest absolute Gasteiger partial charge is 0.270 e. The summed E-state index contributed by atoms with van der Waals surface area (Å²) in [6.45, 7) is 6.94. The van der Waals surface area contributed by atoms with E-state index < -0.39 is 0 Å². The highest BCUT2D eigenvalue weighted by Gasteiger charge is 2.41. The Bertz CT molecular complexity index is 307. The Kier molecular flexibility index (Phi) is 3.36. The zero-order valence-electron chi connectivity index (χ0n) is 10.8. The molecule has 2 aliphatic rings. The lowest BCUT2D eigenvalue weighted by molar-refractivity contribution is 0.467. The van der Waals surface area contributed by atoms with Gasteiger partial charge in [0.1, 0.15) is 0 Å². The molecule has 16 heavy (non-hydrogen) atoms. The molecule has 1 atom stereocenters. The monoisotopic (exact) mass is 220 g/mol. The Balaban J connectivity index is 0.000000138. The minimum Gasteiger partial charge on any atom is -0.270 e. The Labute approximate surface area is 99.0 Å². The maximum absolute atomic E-state index is 4.21. The van der Waals surface area contributed by atoms with Crippen LogP contribution in [0, 0.1) is 11.3 Å². The van der Waals surface area contributed by atoms with Crippen LogP contribution >= 0.6 is 0 Å². The molecule has 1 aromatic rings. The van der Waals surface area contributed by atoms with Crippen LogP contribution in [-0.4, -0.2) is 9.78 Å². The van der Waals surface area contributed by atoms with Crippen LogP contribution in [0.1, 0.15) is 58.9 Å². The minimum atomic E-state index is 0.704. The van der Waals surface area contributed by atoms with E-state index >= 15 is 0 Å². The number of hydrogen-bond acceptors (Lipinski definition) is 1. The maximum atomic E-state index is 4.21. The first-order valence-electron chi connectivity index (χ1n) is 6.59.